The van der Waals surface area contributed by atoms with E-state index in [9.17, 15) is 14.7 Å². The second-order valence-corrected chi connectivity index (χ2v) is 3.60. The van der Waals surface area contributed by atoms with Gasteiger partial charge >= 0.3 is 5.97 Å². The van der Waals surface area contributed by atoms with Crippen LogP contribution in [0.25, 0.3) is 0 Å². The molecule has 0 aromatic heterocycles. The monoisotopic (exact) mass is 231 g/mol. The van der Waals surface area contributed by atoms with Crippen LogP contribution in [-0.4, -0.2) is 39.2 Å². The van der Waals surface area contributed by atoms with Crippen LogP contribution in [0.4, 0.5) is 0 Å². The minimum atomic E-state index is -0.995. The third-order valence-electron chi connectivity index (χ3n) is 1.47. The Hall–Kier alpha value is -1.36. The maximum absolute atomic E-state index is 10.8. The molecule has 5 heteroatoms. The summed E-state index contributed by atoms with van der Waals surface area (Å²) in [6, 6.07) is 0. The molecule has 0 atom stereocenters. The summed E-state index contributed by atoms with van der Waals surface area (Å²) in [5.41, 5.74) is 0.457. The van der Waals surface area contributed by atoms with E-state index in [2.05, 4.69) is 6.58 Å². The number of carbonyl (C=O) groups excluding carboxylic acids is 2. The fraction of sp³-hybridized carbons (Fsp3) is 0.636. The van der Waals surface area contributed by atoms with Gasteiger partial charge in [-0.3, -0.25) is 0 Å². The predicted molar refractivity (Wildman–Crippen MR) is 58.7 cm³/mol. The second kappa shape index (κ2) is 10.2. The molecule has 1 N–H and O–H groups in total. The smallest absolute Gasteiger partial charge is 0.333 e. The van der Waals surface area contributed by atoms with E-state index in [0.717, 1.165) is 6.54 Å². The highest BCUT2D eigenvalue weighted by Gasteiger charge is 2.02. The maximum Gasteiger partial charge on any atom is 0.333 e. The normalized spacial score (nSPS) is 9.06. The van der Waals surface area contributed by atoms with Crippen LogP contribution in [0, 0.1) is 0 Å². The van der Waals surface area contributed by atoms with E-state index in [-0.39, 0.29) is 12.4 Å². The van der Waals surface area contributed by atoms with Crippen molar-refractivity contribution in [2.45, 2.75) is 20.3 Å². The van der Waals surface area contributed by atoms with Gasteiger partial charge in [-0.15, -0.1) is 0 Å². The van der Waals surface area contributed by atoms with Gasteiger partial charge in [0.05, 0.1) is 14.1 Å². The molecule has 0 heterocycles. The number of esters is 1. The average molecular weight is 231 g/mol. The molecule has 0 aliphatic heterocycles. The van der Waals surface area contributed by atoms with E-state index < -0.39 is 5.97 Å². The molecule has 0 bridgehead atoms. The first-order valence-electron chi connectivity index (χ1n) is 5.12. The number of hydrogen-bond acceptors (Lipinski definition) is 4. The maximum atomic E-state index is 10.8. The van der Waals surface area contributed by atoms with Gasteiger partial charge in [-0.2, -0.15) is 0 Å². The highest BCUT2D eigenvalue weighted by molar-refractivity contribution is 5.86. The van der Waals surface area contributed by atoms with E-state index in [1.54, 1.807) is 6.92 Å². The fourth-order valence-electron chi connectivity index (χ4n) is 0.471. The lowest BCUT2D eigenvalue weighted by molar-refractivity contribution is -0.858. The zero-order valence-corrected chi connectivity index (χ0v) is 10.5. The van der Waals surface area contributed by atoms with Crippen molar-refractivity contribution in [3.8, 4) is 0 Å². The van der Waals surface area contributed by atoms with E-state index >= 15 is 0 Å². The highest BCUT2D eigenvalue weighted by Crippen LogP contribution is 1.89. The molecule has 5 nitrogen and oxygen atoms in total. The first-order chi connectivity index (χ1) is 7.31. The van der Waals surface area contributed by atoms with Crippen LogP contribution in [0.1, 0.15) is 20.3 Å². The Morgan fingerprint density at radius 2 is 1.81 bits per heavy atom. The molecule has 94 valence electrons. The van der Waals surface area contributed by atoms with Gasteiger partial charge in [0, 0.05) is 11.5 Å². The van der Waals surface area contributed by atoms with Crippen molar-refractivity contribution < 1.29 is 24.3 Å². The van der Waals surface area contributed by atoms with Gasteiger partial charge in [-0.1, -0.05) is 13.5 Å². The second-order valence-electron chi connectivity index (χ2n) is 3.60. The quantitative estimate of drug-likeness (QED) is 0.457. The topological polar surface area (TPSA) is 70.9 Å². The number of nitrogens with one attached hydrogen (secondary N) is 1. The van der Waals surface area contributed by atoms with Crippen LogP contribution in [-0.2, 0) is 14.3 Å². The molecule has 0 aromatic carbocycles. The van der Waals surface area contributed by atoms with Crippen molar-refractivity contribution in [2.75, 3.05) is 27.2 Å². The van der Waals surface area contributed by atoms with E-state index in [1.165, 1.54) is 11.8 Å². The number of hydrogen-bond donors (Lipinski definition) is 1. The largest absolute Gasteiger partial charge is 0.550 e. The van der Waals surface area contributed by atoms with E-state index in [0.29, 0.717) is 12.2 Å². The molecular weight excluding hydrogens is 210 g/mol. The Labute approximate surface area is 96.7 Å². The van der Waals surface area contributed by atoms with Crippen molar-refractivity contribution in [2.24, 2.45) is 0 Å². The zero-order chi connectivity index (χ0) is 13.1. The lowest BCUT2D eigenvalue weighted by Gasteiger charge is -2.07. The number of ether oxygens (including phenoxy) is 1. The summed E-state index contributed by atoms with van der Waals surface area (Å²) in [6.07, 6.45) is 0.111. The van der Waals surface area contributed by atoms with Gasteiger partial charge in [0.2, 0.25) is 0 Å². The Kier molecular flexibility index (Phi) is 10.8. The highest BCUT2D eigenvalue weighted by atomic mass is 16.5. The van der Waals surface area contributed by atoms with Crippen LogP contribution < -0.4 is 10.0 Å². The summed E-state index contributed by atoms with van der Waals surface area (Å²) in [7, 11) is 4.02. The molecule has 0 saturated heterocycles. The molecule has 0 aromatic rings. The van der Waals surface area contributed by atoms with Crippen molar-refractivity contribution in [1.82, 2.24) is 0 Å². The van der Waals surface area contributed by atoms with Crippen LogP contribution in [0.3, 0.4) is 0 Å². The minimum absolute atomic E-state index is 0.111. The fourth-order valence-corrected chi connectivity index (χ4v) is 0.471. The molecular formula is C11H21NO4. The third kappa shape index (κ3) is 15.1. The minimum Gasteiger partial charge on any atom is -0.550 e. The van der Waals surface area contributed by atoms with Crippen LogP contribution in [0.15, 0.2) is 12.2 Å². The van der Waals surface area contributed by atoms with Gasteiger partial charge in [-0.25, -0.2) is 4.79 Å². The number of carbonyl (C=O) groups is 2. The summed E-state index contributed by atoms with van der Waals surface area (Å²) in [6.45, 7) is 7.95. The summed E-state index contributed by atoms with van der Waals surface area (Å²) >= 11 is 0. The van der Waals surface area contributed by atoms with Gasteiger partial charge < -0.3 is 19.5 Å². The van der Waals surface area contributed by atoms with Gasteiger partial charge in [-0.05, 0) is 13.3 Å². The summed E-state index contributed by atoms with van der Waals surface area (Å²) in [5, 5.41) is 9.26. The van der Waals surface area contributed by atoms with Crippen molar-refractivity contribution in [3.63, 3.8) is 0 Å². The predicted octanol–water partition coefficient (Wildman–Crippen LogP) is -1.60. The van der Waals surface area contributed by atoms with Gasteiger partial charge in [0.1, 0.15) is 13.2 Å². The molecule has 16 heavy (non-hydrogen) atoms. The molecule has 0 saturated carbocycles. The Balaban J connectivity index is 0. The number of carboxylic acid groups (broad SMARTS) is 1. The summed E-state index contributed by atoms with van der Waals surface area (Å²) in [5.74, 6) is -1.30. The Bertz CT molecular complexity index is 236. The Morgan fingerprint density at radius 1 is 1.38 bits per heavy atom. The number of quaternary nitrogens is 1. The van der Waals surface area contributed by atoms with Gasteiger partial charge in [0.15, 0.2) is 0 Å². The zero-order valence-electron chi connectivity index (χ0n) is 10.5. The molecule has 0 aliphatic carbocycles. The SMILES string of the molecule is C=C(C)C(=O)OCC[NH+](C)C.CCC(=O)[O-]. The number of rotatable bonds is 5. The molecule has 0 spiro atoms. The molecule has 0 amide bonds. The summed E-state index contributed by atoms with van der Waals surface area (Å²) in [4.78, 5) is 21.3. The molecule has 0 aliphatic rings. The van der Waals surface area contributed by atoms with E-state index in [1.807, 2.05) is 14.1 Å². The lowest BCUT2D eigenvalue weighted by Crippen LogP contribution is -3.06. The Morgan fingerprint density at radius 3 is 2.06 bits per heavy atom. The van der Waals surface area contributed by atoms with Crippen LogP contribution >= 0.6 is 0 Å². The number of carboxylic acids is 1. The molecule has 0 fully saturated rings. The van der Waals surface area contributed by atoms with Crippen molar-refractivity contribution in [1.29, 1.82) is 0 Å². The third-order valence-corrected chi connectivity index (χ3v) is 1.47. The standard InChI is InChI=1S/C8H15NO2.C3H6O2/c1-7(2)8(10)11-6-5-9(3)4;1-2-3(4)5/h1,5-6H2,2-4H3;2H2,1H3,(H,4,5). The molecule has 0 radical (unpaired) electrons. The first-order valence-corrected chi connectivity index (χ1v) is 5.12. The lowest BCUT2D eigenvalue weighted by atomic mass is 10.4. The van der Waals surface area contributed by atoms with Crippen LogP contribution in [0.2, 0.25) is 0 Å². The van der Waals surface area contributed by atoms with Gasteiger partial charge in [0.25, 0.3) is 0 Å². The number of likely N-dealkylation sites (N-methyl/N-ethyl adjacent to an activating group) is 1. The average Bonchev–Trinajstić information content (AvgIpc) is 2.17. The van der Waals surface area contributed by atoms with Crippen molar-refractivity contribution in [3.05, 3.63) is 12.2 Å². The summed E-state index contributed by atoms with van der Waals surface area (Å²) < 4.78 is 4.85. The van der Waals surface area contributed by atoms with E-state index in [4.69, 9.17) is 4.74 Å². The number of aliphatic carboxylic acids is 1. The van der Waals surface area contributed by atoms with Crippen molar-refractivity contribution >= 4 is 11.9 Å². The molecule has 0 rings (SSSR count). The molecule has 0 unspecified atom stereocenters. The first kappa shape index (κ1) is 17.0. The van der Waals surface area contributed by atoms with Crippen LogP contribution in [0.5, 0.6) is 0 Å².